The average molecular weight is 617 g/mol. The van der Waals surface area contributed by atoms with Gasteiger partial charge in [0.25, 0.3) is 0 Å². The topological polar surface area (TPSA) is 47.9 Å². The van der Waals surface area contributed by atoms with E-state index >= 15 is 0 Å². The lowest BCUT2D eigenvalue weighted by Crippen LogP contribution is -2.57. The minimum atomic E-state index is -0.305. The summed E-state index contributed by atoms with van der Waals surface area (Å²) >= 11 is 0. The van der Waals surface area contributed by atoms with Crippen LogP contribution < -0.4 is 0 Å². The zero-order valence-corrected chi connectivity index (χ0v) is 28.9. The normalized spacial score (nSPS) is 35.8. The Morgan fingerprint density at radius 3 is 2.16 bits per heavy atom. The van der Waals surface area contributed by atoms with E-state index < -0.39 is 0 Å². The molecule has 248 valence electrons. The molecule has 11 atom stereocenters. The highest BCUT2D eigenvalue weighted by molar-refractivity contribution is 5.24. The Morgan fingerprint density at radius 2 is 1.47 bits per heavy atom. The van der Waals surface area contributed by atoms with Crippen molar-refractivity contribution in [3.8, 4) is 0 Å². The molecule has 45 heavy (non-hydrogen) atoms. The number of rotatable bonds is 11. The van der Waals surface area contributed by atoms with Crippen molar-refractivity contribution in [1.82, 2.24) is 0 Å². The molecule has 6 rings (SSSR count). The van der Waals surface area contributed by atoms with E-state index in [-0.39, 0.29) is 23.5 Å². The maximum atomic E-state index is 10.2. The fraction of sp³-hybridized carbons (Fsp3) is 0.707. The summed E-state index contributed by atoms with van der Waals surface area (Å²) < 4.78 is 0. The molecule has 0 amide bonds. The van der Waals surface area contributed by atoms with E-state index in [1.165, 1.54) is 56.1 Å². The van der Waals surface area contributed by atoms with Crippen molar-refractivity contribution in [3.63, 3.8) is 0 Å². The van der Waals surface area contributed by atoms with E-state index in [4.69, 9.17) is 14.7 Å². The summed E-state index contributed by atoms with van der Waals surface area (Å²) in [6, 6.07) is 17.1. The van der Waals surface area contributed by atoms with Crippen molar-refractivity contribution in [2.75, 3.05) is 0 Å². The molecule has 0 saturated heterocycles. The Balaban J connectivity index is 1.22. The fourth-order valence-electron chi connectivity index (χ4n) is 10.9. The Bertz CT molecular complexity index is 1220. The van der Waals surface area contributed by atoms with Crippen molar-refractivity contribution in [1.29, 1.82) is 0 Å². The fourth-order valence-corrected chi connectivity index (χ4v) is 10.9. The molecule has 0 aromatic heterocycles. The molecule has 4 heteroatoms. The van der Waals surface area contributed by atoms with E-state index in [0.717, 1.165) is 71.8 Å². The van der Waals surface area contributed by atoms with Gasteiger partial charge in [0.1, 0.15) is 12.7 Å². The maximum absolute atomic E-state index is 10.2. The van der Waals surface area contributed by atoms with Crippen molar-refractivity contribution in [2.45, 2.75) is 125 Å². The van der Waals surface area contributed by atoms with E-state index in [2.05, 4.69) is 90.1 Å². The average Bonchev–Trinajstić information content (AvgIpc) is 3.47. The largest absolute Gasteiger partial charge is 0.251 e. The molecule has 2 aromatic rings. The van der Waals surface area contributed by atoms with Gasteiger partial charge < -0.3 is 0 Å². The number of hydrogen-bond acceptors (Lipinski definition) is 4. The molecule has 4 nitrogen and oxygen atoms in total. The van der Waals surface area contributed by atoms with Crippen LogP contribution in [0.15, 0.2) is 48.5 Å². The van der Waals surface area contributed by atoms with Crippen molar-refractivity contribution < 1.29 is 19.9 Å². The summed E-state index contributed by atoms with van der Waals surface area (Å²) in [5, 5.41) is 10.2. The number of hydrogen-bond donors (Lipinski definition) is 1. The third kappa shape index (κ3) is 6.96. The predicted octanol–water partition coefficient (Wildman–Crippen LogP) is 10.9. The zero-order valence-electron chi connectivity index (χ0n) is 28.9. The van der Waals surface area contributed by atoms with Gasteiger partial charge >= 0.3 is 0 Å². The molecule has 0 heterocycles. The second-order valence-electron chi connectivity index (χ2n) is 16.6. The van der Waals surface area contributed by atoms with Crippen LogP contribution in [0.2, 0.25) is 0 Å². The third-order valence-electron chi connectivity index (χ3n) is 13.5. The van der Waals surface area contributed by atoms with E-state index in [9.17, 15) is 5.26 Å². The molecule has 4 fully saturated rings. The lowest BCUT2D eigenvalue weighted by Gasteiger charge is -2.61. The van der Waals surface area contributed by atoms with Crippen molar-refractivity contribution >= 4 is 0 Å². The third-order valence-corrected chi connectivity index (χ3v) is 13.5. The first kappa shape index (κ1) is 33.2. The second-order valence-corrected chi connectivity index (χ2v) is 16.6. The van der Waals surface area contributed by atoms with Crippen LogP contribution in [0.3, 0.4) is 0 Å². The van der Waals surface area contributed by atoms with Crippen LogP contribution in [0.1, 0.15) is 120 Å². The molecule has 4 saturated carbocycles. The van der Waals surface area contributed by atoms with Crippen LogP contribution in [0.4, 0.5) is 0 Å². The Labute approximate surface area is 273 Å². The van der Waals surface area contributed by atoms with Crippen LogP contribution in [0.5, 0.6) is 0 Å². The quantitative estimate of drug-likeness (QED) is 0.202. The first-order valence-electron chi connectivity index (χ1n) is 18.4. The molecule has 1 N–H and O–H groups in total. The number of benzene rings is 2. The van der Waals surface area contributed by atoms with Crippen LogP contribution in [0, 0.1) is 72.5 Å². The van der Waals surface area contributed by atoms with Gasteiger partial charge in [-0.3, -0.25) is 5.26 Å². The SMILES string of the molecule is Cc1ccc(COOC2CC3C4CCC(C(C)CCC(C)C)C4CCC3C3(C)CCC(C(OO)c4ccc(C)cc4)CC23)cc1. The monoisotopic (exact) mass is 616 g/mol. The molecule has 0 spiro atoms. The Kier molecular flexibility index (Phi) is 10.5. The van der Waals surface area contributed by atoms with Gasteiger partial charge in [-0.2, -0.15) is 0 Å². The summed E-state index contributed by atoms with van der Waals surface area (Å²) in [7, 11) is 0. The van der Waals surface area contributed by atoms with Crippen LogP contribution in [0.25, 0.3) is 0 Å². The minimum absolute atomic E-state index is 0.0676. The Morgan fingerprint density at radius 1 is 0.778 bits per heavy atom. The summed E-state index contributed by atoms with van der Waals surface area (Å²) in [6.45, 7) is 14.6. The van der Waals surface area contributed by atoms with Gasteiger partial charge in [-0.25, -0.2) is 14.7 Å². The Hall–Kier alpha value is -1.72. The molecular formula is C41H60O4. The van der Waals surface area contributed by atoms with E-state index in [1.54, 1.807) is 0 Å². The number of aryl methyl sites for hydroxylation is 2. The standard InChI is InChI=1S/C41H60O4/c1-26(2)7-12-29(5)33-17-18-35-34(33)19-20-37-36(35)24-39(45-43-25-30-13-8-27(3)9-14-30)38-23-32(21-22-41(37,38)6)40(44-42)31-15-10-28(4)11-16-31/h8-11,13-16,26,29,32-40,42H,7,12,17-25H2,1-6H3. The van der Waals surface area contributed by atoms with Crippen LogP contribution in [-0.4, -0.2) is 11.4 Å². The molecule has 2 aromatic carbocycles. The van der Waals surface area contributed by atoms with Crippen LogP contribution >= 0.6 is 0 Å². The van der Waals surface area contributed by atoms with Crippen molar-refractivity contribution in [3.05, 3.63) is 70.8 Å². The lowest BCUT2D eigenvalue weighted by molar-refractivity contribution is -0.367. The molecule has 11 unspecified atom stereocenters. The minimum Gasteiger partial charge on any atom is -0.251 e. The molecular weight excluding hydrogens is 556 g/mol. The predicted molar refractivity (Wildman–Crippen MR) is 181 cm³/mol. The molecule has 0 aliphatic heterocycles. The zero-order chi connectivity index (χ0) is 31.7. The number of fused-ring (bicyclic) bond motifs is 5. The lowest BCUT2D eigenvalue weighted by atomic mass is 9.45. The van der Waals surface area contributed by atoms with Gasteiger partial charge in [0.05, 0.1) is 6.10 Å². The molecule has 4 aliphatic carbocycles. The first-order chi connectivity index (χ1) is 21.7. The highest BCUT2D eigenvalue weighted by atomic mass is 17.2. The molecule has 0 radical (unpaired) electrons. The van der Waals surface area contributed by atoms with Gasteiger partial charge in [-0.1, -0.05) is 100 Å². The molecule has 0 bridgehead atoms. The summed E-state index contributed by atoms with van der Waals surface area (Å²) in [4.78, 5) is 18.0. The highest BCUT2D eigenvalue weighted by Crippen LogP contribution is 2.66. The smallest absolute Gasteiger partial charge is 0.120 e. The van der Waals surface area contributed by atoms with Gasteiger partial charge in [0.15, 0.2) is 0 Å². The van der Waals surface area contributed by atoms with Crippen molar-refractivity contribution in [2.24, 2.45) is 58.7 Å². The molecule has 4 aliphatic rings. The van der Waals surface area contributed by atoms with Gasteiger partial charge in [0, 0.05) is 0 Å². The van der Waals surface area contributed by atoms with Gasteiger partial charge in [-0.05, 0) is 135 Å². The van der Waals surface area contributed by atoms with Gasteiger partial charge in [-0.15, -0.1) is 0 Å². The first-order valence-corrected chi connectivity index (χ1v) is 18.4. The van der Waals surface area contributed by atoms with Crippen LogP contribution in [-0.2, 0) is 21.3 Å². The maximum Gasteiger partial charge on any atom is 0.120 e. The highest BCUT2D eigenvalue weighted by Gasteiger charge is 2.60. The van der Waals surface area contributed by atoms with E-state index in [0.29, 0.717) is 12.5 Å². The summed E-state index contributed by atoms with van der Waals surface area (Å²) in [6.07, 6.45) is 12.5. The van der Waals surface area contributed by atoms with Gasteiger partial charge in [0.2, 0.25) is 0 Å². The summed E-state index contributed by atoms with van der Waals surface area (Å²) in [5.74, 6) is 6.35. The summed E-state index contributed by atoms with van der Waals surface area (Å²) in [5.41, 5.74) is 4.93. The second kappa shape index (κ2) is 14.2. The van der Waals surface area contributed by atoms with E-state index in [1.807, 2.05) is 0 Å².